The molecule has 0 saturated heterocycles. The zero-order valence-electron chi connectivity index (χ0n) is 16.8. The van der Waals surface area contributed by atoms with Crippen molar-refractivity contribution in [3.8, 4) is 0 Å². The standard InChI is InChI=1S/C22H26N2O5S/c1-2-24(16-10-4-3-5-11-16)30(28,29)20-15-9-8-14-19(20)23-21(25)17-12-6-7-13-18(17)22(26)27/h3-5,8-11,14-15,17-18H,2,6-7,12-13H2,1H3,(H,23,25)(H,26,27). The van der Waals surface area contributed by atoms with Crippen molar-refractivity contribution in [2.75, 3.05) is 16.2 Å². The minimum absolute atomic E-state index is 0.0215. The largest absolute Gasteiger partial charge is 0.481 e. The maximum absolute atomic E-state index is 13.4. The quantitative estimate of drug-likeness (QED) is 0.697. The molecule has 0 heterocycles. The molecular formula is C22H26N2O5S. The Bertz CT molecular complexity index is 1010. The van der Waals surface area contributed by atoms with Crippen molar-refractivity contribution in [3.05, 3.63) is 54.6 Å². The molecule has 0 aliphatic heterocycles. The second-order valence-corrected chi connectivity index (χ2v) is 9.16. The predicted octanol–water partition coefficient (Wildman–Crippen LogP) is 3.73. The highest BCUT2D eigenvalue weighted by atomic mass is 32.2. The predicted molar refractivity (Wildman–Crippen MR) is 115 cm³/mol. The number of aliphatic carboxylic acids is 1. The number of carbonyl (C=O) groups excluding carboxylic acids is 1. The molecule has 0 radical (unpaired) electrons. The van der Waals surface area contributed by atoms with Gasteiger partial charge in [0, 0.05) is 6.54 Å². The Hall–Kier alpha value is -2.87. The second kappa shape index (κ2) is 9.30. The lowest BCUT2D eigenvalue weighted by Crippen LogP contribution is -2.37. The average molecular weight is 431 g/mol. The number of para-hydroxylation sites is 2. The van der Waals surface area contributed by atoms with Crippen molar-refractivity contribution in [3.63, 3.8) is 0 Å². The van der Waals surface area contributed by atoms with E-state index in [9.17, 15) is 23.1 Å². The lowest BCUT2D eigenvalue weighted by Gasteiger charge is -2.28. The van der Waals surface area contributed by atoms with Gasteiger partial charge in [0.25, 0.3) is 10.0 Å². The number of carboxylic acid groups (broad SMARTS) is 1. The van der Waals surface area contributed by atoms with E-state index < -0.39 is 33.7 Å². The first-order chi connectivity index (χ1) is 14.4. The van der Waals surface area contributed by atoms with Crippen LogP contribution in [0.3, 0.4) is 0 Å². The molecule has 2 unspecified atom stereocenters. The molecule has 1 aliphatic carbocycles. The molecule has 3 rings (SSSR count). The molecule has 1 saturated carbocycles. The van der Waals surface area contributed by atoms with E-state index in [4.69, 9.17) is 0 Å². The number of hydrogen-bond acceptors (Lipinski definition) is 4. The van der Waals surface area contributed by atoms with Crippen LogP contribution in [0.4, 0.5) is 11.4 Å². The minimum Gasteiger partial charge on any atom is -0.481 e. The lowest BCUT2D eigenvalue weighted by atomic mass is 9.78. The second-order valence-electron chi connectivity index (χ2n) is 7.33. The summed E-state index contributed by atoms with van der Waals surface area (Å²) in [6, 6.07) is 15.0. The van der Waals surface area contributed by atoms with Gasteiger partial charge < -0.3 is 10.4 Å². The van der Waals surface area contributed by atoms with Gasteiger partial charge in [0.15, 0.2) is 0 Å². The molecule has 8 heteroatoms. The first-order valence-corrected chi connectivity index (χ1v) is 11.5. The molecule has 30 heavy (non-hydrogen) atoms. The maximum atomic E-state index is 13.4. The van der Waals surface area contributed by atoms with E-state index in [0.29, 0.717) is 18.5 Å². The molecule has 2 aromatic carbocycles. The maximum Gasteiger partial charge on any atom is 0.307 e. The molecule has 1 amide bonds. The fourth-order valence-electron chi connectivity index (χ4n) is 3.96. The number of amides is 1. The monoisotopic (exact) mass is 430 g/mol. The van der Waals surface area contributed by atoms with E-state index in [1.54, 1.807) is 49.4 Å². The van der Waals surface area contributed by atoms with Crippen LogP contribution in [0.25, 0.3) is 0 Å². The van der Waals surface area contributed by atoms with Crippen LogP contribution in [-0.4, -0.2) is 31.9 Å². The summed E-state index contributed by atoms with van der Waals surface area (Å²) in [4.78, 5) is 24.4. The molecule has 0 aromatic heterocycles. The van der Waals surface area contributed by atoms with Gasteiger partial charge >= 0.3 is 5.97 Å². The van der Waals surface area contributed by atoms with Gasteiger partial charge in [-0.15, -0.1) is 0 Å². The average Bonchev–Trinajstić information content (AvgIpc) is 2.75. The summed E-state index contributed by atoms with van der Waals surface area (Å²) in [7, 11) is -3.94. The van der Waals surface area contributed by atoms with Gasteiger partial charge in [-0.3, -0.25) is 13.9 Å². The number of carbonyl (C=O) groups is 2. The Morgan fingerprint density at radius 1 is 1.00 bits per heavy atom. The van der Waals surface area contributed by atoms with Gasteiger partial charge in [-0.2, -0.15) is 0 Å². The topological polar surface area (TPSA) is 104 Å². The van der Waals surface area contributed by atoms with Crippen LogP contribution in [0.5, 0.6) is 0 Å². The van der Waals surface area contributed by atoms with E-state index in [-0.39, 0.29) is 17.1 Å². The highest BCUT2D eigenvalue weighted by Gasteiger charge is 2.36. The normalized spacial score (nSPS) is 19.1. The van der Waals surface area contributed by atoms with E-state index in [1.165, 1.54) is 16.4 Å². The summed E-state index contributed by atoms with van der Waals surface area (Å²) in [6.45, 7) is 1.96. The van der Waals surface area contributed by atoms with Crippen molar-refractivity contribution in [1.29, 1.82) is 0 Å². The SMILES string of the molecule is CCN(c1ccccc1)S(=O)(=O)c1ccccc1NC(=O)C1CCCCC1C(=O)O. The number of anilines is 2. The molecule has 7 nitrogen and oxygen atoms in total. The molecular weight excluding hydrogens is 404 g/mol. The number of hydrogen-bond donors (Lipinski definition) is 2. The first kappa shape index (κ1) is 21.8. The number of nitrogens with one attached hydrogen (secondary N) is 1. The van der Waals surface area contributed by atoms with Crippen LogP contribution in [0.1, 0.15) is 32.6 Å². The smallest absolute Gasteiger partial charge is 0.307 e. The van der Waals surface area contributed by atoms with E-state index in [2.05, 4.69) is 5.32 Å². The molecule has 2 aromatic rings. The minimum atomic E-state index is -3.94. The van der Waals surface area contributed by atoms with Crippen molar-refractivity contribution < 1.29 is 23.1 Å². The molecule has 1 fully saturated rings. The fourth-order valence-corrected chi connectivity index (χ4v) is 5.59. The van der Waals surface area contributed by atoms with Crippen LogP contribution in [0, 0.1) is 11.8 Å². The summed E-state index contributed by atoms with van der Waals surface area (Å²) in [6.07, 6.45) is 2.47. The molecule has 0 bridgehead atoms. The van der Waals surface area contributed by atoms with Crippen molar-refractivity contribution in [2.45, 2.75) is 37.5 Å². The number of rotatable bonds is 7. The third-order valence-corrected chi connectivity index (χ3v) is 7.43. The third-order valence-electron chi connectivity index (χ3n) is 5.46. The number of sulfonamides is 1. The van der Waals surface area contributed by atoms with Gasteiger partial charge in [-0.25, -0.2) is 8.42 Å². The Kier molecular flexibility index (Phi) is 6.77. The van der Waals surface area contributed by atoms with Gasteiger partial charge in [-0.05, 0) is 44.0 Å². The summed E-state index contributed by atoms with van der Waals surface area (Å²) in [5.41, 5.74) is 0.686. The molecule has 160 valence electrons. The number of benzene rings is 2. The van der Waals surface area contributed by atoms with E-state index in [1.807, 2.05) is 0 Å². The lowest BCUT2D eigenvalue weighted by molar-refractivity contribution is -0.147. The first-order valence-electron chi connectivity index (χ1n) is 10.1. The Labute approximate surface area is 176 Å². The Morgan fingerprint density at radius 3 is 2.23 bits per heavy atom. The van der Waals surface area contributed by atoms with Gasteiger partial charge in [0.2, 0.25) is 5.91 Å². The third kappa shape index (κ3) is 4.48. The van der Waals surface area contributed by atoms with Gasteiger partial charge in [0.05, 0.1) is 23.2 Å². The van der Waals surface area contributed by atoms with Crippen molar-refractivity contribution in [2.24, 2.45) is 11.8 Å². The zero-order chi connectivity index (χ0) is 21.7. The van der Waals surface area contributed by atoms with E-state index in [0.717, 1.165) is 12.8 Å². The van der Waals surface area contributed by atoms with Crippen molar-refractivity contribution >= 4 is 33.3 Å². The number of carboxylic acids is 1. The molecule has 0 spiro atoms. The summed E-state index contributed by atoms with van der Waals surface area (Å²) in [5.74, 6) is -2.87. The summed E-state index contributed by atoms with van der Waals surface area (Å²) >= 11 is 0. The molecule has 1 aliphatic rings. The van der Waals surface area contributed by atoms with Gasteiger partial charge in [0.1, 0.15) is 4.90 Å². The zero-order valence-corrected chi connectivity index (χ0v) is 17.6. The highest BCUT2D eigenvalue weighted by Crippen LogP contribution is 2.33. The van der Waals surface area contributed by atoms with Crippen LogP contribution < -0.4 is 9.62 Å². The van der Waals surface area contributed by atoms with Crippen LogP contribution in [-0.2, 0) is 19.6 Å². The van der Waals surface area contributed by atoms with Crippen LogP contribution in [0.15, 0.2) is 59.5 Å². The fraction of sp³-hybridized carbons (Fsp3) is 0.364. The van der Waals surface area contributed by atoms with Gasteiger partial charge in [-0.1, -0.05) is 43.2 Å². The molecule has 2 atom stereocenters. The Morgan fingerprint density at radius 2 is 1.60 bits per heavy atom. The van der Waals surface area contributed by atoms with Crippen molar-refractivity contribution in [1.82, 2.24) is 0 Å². The Balaban J connectivity index is 1.92. The highest BCUT2D eigenvalue weighted by molar-refractivity contribution is 7.93. The van der Waals surface area contributed by atoms with E-state index >= 15 is 0 Å². The van der Waals surface area contributed by atoms with Crippen LogP contribution in [0.2, 0.25) is 0 Å². The number of nitrogens with zero attached hydrogens (tertiary/aromatic N) is 1. The molecule has 2 N–H and O–H groups in total. The van der Waals surface area contributed by atoms with Crippen LogP contribution >= 0.6 is 0 Å². The summed E-state index contributed by atoms with van der Waals surface area (Å²) in [5, 5.41) is 12.1. The summed E-state index contributed by atoms with van der Waals surface area (Å²) < 4.78 is 28.1.